The van der Waals surface area contributed by atoms with Gasteiger partial charge in [0.15, 0.2) is 0 Å². The minimum atomic E-state index is -0.263. The largest absolute Gasteiger partial charge is 1.00 e. The second-order valence-electron chi connectivity index (χ2n) is 4.70. The second kappa shape index (κ2) is 7.36. The van der Waals surface area contributed by atoms with E-state index in [4.69, 9.17) is 0 Å². The van der Waals surface area contributed by atoms with E-state index in [1.165, 1.54) is 18.2 Å². The molecule has 4 heteroatoms. The highest BCUT2D eigenvalue weighted by molar-refractivity contribution is 5.38. The summed E-state index contributed by atoms with van der Waals surface area (Å²) in [6, 6.07) is 11.6. The van der Waals surface area contributed by atoms with E-state index in [-0.39, 0.29) is 30.0 Å². The van der Waals surface area contributed by atoms with Crippen LogP contribution in [0.25, 0.3) is 0 Å². The SMILES string of the molecule is Cc1c(F)cccc1C(CC[NH3+])c1cccc(F)c1.[Cl-]. The fourth-order valence-electron chi connectivity index (χ4n) is 2.43. The van der Waals surface area contributed by atoms with Gasteiger partial charge in [-0.2, -0.15) is 0 Å². The summed E-state index contributed by atoms with van der Waals surface area (Å²) < 4.78 is 27.1. The van der Waals surface area contributed by atoms with Crippen molar-refractivity contribution in [1.82, 2.24) is 0 Å². The molecule has 0 aliphatic carbocycles. The summed E-state index contributed by atoms with van der Waals surface area (Å²) in [6.45, 7) is 2.48. The summed E-state index contributed by atoms with van der Waals surface area (Å²) in [6.07, 6.45) is 0.772. The molecule has 0 fully saturated rings. The number of halogens is 3. The van der Waals surface area contributed by atoms with E-state index in [0.717, 1.165) is 24.1 Å². The van der Waals surface area contributed by atoms with Gasteiger partial charge in [0.05, 0.1) is 6.54 Å². The maximum absolute atomic E-state index is 13.7. The molecule has 1 unspecified atom stereocenters. The summed E-state index contributed by atoms with van der Waals surface area (Å²) in [4.78, 5) is 0. The molecule has 0 saturated carbocycles. The number of rotatable bonds is 4. The predicted octanol–water partition coefficient (Wildman–Crippen LogP) is 0.0411. The Morgan fingerprint density at radius 3 is 2.45 bits per heavy atom. The minimum Gasteiger partial charge on any atom is -1.00 e. The van der Waals surface area contributed by atoms with E-state index in [2.05, 4.69) is 5.73 Å². The van der Waals surface area contributed by atoms with Gasteiger partial charge in [0, 0.05) is 12.3 Å². The van der Waals surface area contributed by atoms with Gasteiger partial charge < -0.3 is 18.1 Å². The van der Waals surface area contributed by atoms with Gasteiger partial charge in [-0.15, -0.1) is 0 Å². The van der Waals surface area contributed by atoms with E-state index in [9.17, 15) is 8.78 Å². The molecular weight excluding hydrogens is 280 g/mol. The highest BCUT2D eigenvalue weighted by atomic mass is 35.5. The normalized spacial score (nSPS) is 11.8. The molecule has 1 nitrogen and oxygen atoms in total. The molecule has 3 N–H and O–H groups in total. The van der Waals surface area contributed by atoms with Gasteiger partial charge in [0.2, 0.25) is 0 Å². The number of hydrogen-bond acceptors (Lipinski definition) is 0. The van der Waals surface area contributed by atoms with E-state index in [1.54, 1.807) is 19.1 Å². The maximum atomic E-state index is 13.7. The lowest BCUT2D eigenvalue weighted by Crippen LogP contribution is -3.00. The maximum Gasteiger partial charge on any atom is 0.126 e. The van der Waals surface area contributed by atoms with Crippen LogP contribution in [0.2, 0.25) is 0 Å². The molecule has 1 atom stereocenters. The van der Waals surface area contributed by atoms with E-state index < -0.39 is 0 Å². The first-order valence-electron chi connectivity index (χ1n) is 6.43. The minimum absolute atomic E-state index is 0. The Hall–Kier alpha value is -1.45. The summed E-state index contributed by atoms with van der Waals surface area (Å²) in [7, 11) is 0. The summed E-state index contributed by atoms with van der Waals surface area (Å²) >= 11 is 0. The van der Waals surface area contributed by atoms with Crippen molar-refractivity contribution in [2.45, 2.75) is 19.3 Å². The smallest absolute Gasteiger partial charge is 0.126 e. The van der Waals surface area contributed by atoms with Gasteiger partial charge in [0.25, 0.3) is 0 Å². The molecule has 0 aromatic heterocycles. The third-order valence-corrected chi connectivity index (χ3v) is 3.43. The Bertz CT molecular complexity index is 572. The average molecular weight is 298 g/mol. The quantitative estimate of drug-likeness (QED) is 0.825. The fraction of sp³-hybridized carbons (Fsp3) is 0.250. The zero-order chi connectivity index (χ0) is 13.8. The van der Waals surface area contributed by atoms with Gasteiger partial charge in [-0.3, -0.25) is 0 Å². The van der Waals surface area contributed by atoms with Crippen molar-refractivity contribution in [3.8, 4) is 0 Å². The number of benzene rings is 2. The van der Waals surface area contributed by atoms with Gasteiger partial charge >= 0.3 is 0 Å². The monoisotopic (exact) mass is 297 g/mol. The molecule has 0 radical (unpaired) electrons. The Morgan fingerprint density at radius 1 is 1.10 bits per heavy atom. The molecule has 0 amide bonds. The van der Waals surface area contributed by atoms with Crippen LogP contribution in [0, 0.1) is 18.6 Å². The Kier molecular flexibility index (Phi) is 6.11. The molecule has 0 bridgehead atoms. The van der Waals surface area contributed by atoms with Gasteiger partial charge in [-0.05, 0) is 41.8 Å². The van der Waals surface area contributed by atoms with Crippen LogP contribution in [0.3, 0.4) is 0 Å². The Balaban J connectivity index is 0.00000200. The van der Waals surface area contributed by atoms with Crippen LogP contribution in [0.5, 0.6) is 0 Å². The highest BCUT2D eigenvalue weighted by Crippen LogP contribution is 2.31. The molecule has 108 valence electrons. The molecular formula is C16H18ClF2N. The zero-order valence-electron chi connectivity index (χ0n) is 11.4. The van der Waals surface area contributed by atoms with Crippen LogP contribution in [0.4, 0.5) is 8.78 Å². The van der Waals surface area contributed by atoms with E-state index in [0.29, 0.717) is 5.56 Å². The molecule has 0 heterocycles. The molecule has 2 rings (SSSR count). The lowest BCUT2D eigenvalue weighted by molar-refractivity contribution is -0.368. The first-order valence-corrected chi connectivity index (χ1v) is 6.43. The summed E-state index contributed by atoms with van der Waals surface area (Å²) in [5.41, 5.74) is 6.28. The highest BCUT2D eigenvalue weighted by Gasteiger charge is 2.18. The van der Waals surface area contributed by atoms with E-state index in [1.807, 2.05) is 12.1 Å². The molecule has 0 saturated heterocycles. The van der Waals surface area contributed by atoms with Gasteiger partial charge in [-0.25, -0.2) is 8.78 Å². The van der Waals surface area contributed by atoms with Crippen molar-refractivity contribution in [2.24, 2.45) is 0 Å². The van der Waals surface area contributed by atoms with Gasteiger partial charge in [-0.1, -0.05) is 24.3 Å². The Morgan fingerprint density at radius 2 is 1.80 bits per heavy atom. The van der Waals surface area contributed by atoms with Crippen LogP contribution in [0.1, 0.15) is 29.0 Å². The van der Waals surface area contributed by atoms with Crippen molar-refractivity contribution in [2.75, 3.05) is 6.54 Å². The predicted molar refractivity (Wildman–Crippen MR) is 71.8 cm³/mol. The van der Waals surface area contributed by atoms with Crippen LogP contribution >= 0.6 is 0 Å². The van der Waals surface area contributed by atoms with Crippen molar-refractivity contribution in [3.63, 3.8) is 0 Å². The topological polar surface area (TPSA) is 27.6 Å². The first kappa shape index (κ1) is 16.6. The van der Waals surface area contributed by atoms with Gasteiger partial charge in [0.1, 0.15) is 11.6 Å². The lowest BCUT2D eigenvalue weighted by atomic mass is 9.86. The standard InChI is InChI=1S/C16H17F2N.ClH/c1-11-14(6-3-7-16(11)18)15(8-9-19)12-4-2-5-13(17)10-12;/h2-7,10,15H,8-9,19H2,1H3;1H. The van der Waals surface area contributed by atoms with Crippen LogP contribution in [-0.2, 0) is 0 Å². The average Bonchev–Trinajstić information content (AvgIpc) is 2.40. The third kappa shape index (κ3) is 3.56. The zero-order valence-corrected chi connectivity index (χ0v) is 12.1. The summed E-state index contributed by atoms with van der Waals surface area (Å²) in [5.74, 6) is -0.493. The summed E-state index contributed by atoms with van der Waals surface area (Å²) in [5, 5.41) is 0. The van der Waals surface area contributed by atoms with Crippen molar-refractivity contribution >= 4 is 0 Å². The Labute approximate surface area is 124 Å². The number of quaternary nitrogens is 1. The third-order valence-electron chi connectivity index (χ3n) is 3.43. The van der Waals surface area contributed by atoms with Crippen molar-refractivity contribution in [1.29, 1.82) is 0 Å². The fourth-order valence-corrected chi connectivity index (χ4v) is 2.43. The van der Waals surface area contributed by atoms with Crippen LogP contribution < -0.4 is 18.1 Å². The molecule has 2 aromatic rings. The molecule has 2 aromatic carbocycles. The molecule has 0 spiro atoms. The first-order chi connectivity index (χ1) is 9.13. The lowest BCUT2D eigenvalue weighted by Gasteiger charge is -2.19. The van der Waals surface area contributed by atoms with E-state index >= 15 is 0 Å². The van der Waals surface area contributed by atoms with Crippen LogP contribution in [0.15, 0.2) is 42.5 Å². The second-order valence-corrected chi connectivity index (χ2v) is 4.70. The molecule has 0 aliphatic rings. The van der Waals surface area contributed by atoms with Crippen LogP contribution in [-0.4, -0.2) is 6.54 Å². The molecule has 0 aliphatic heterocycles. The van der Waals surface area contributed by atoms with Crippen molar-refractivity contribution < 1.29 is 26.9 Å². The van der Waals surface area contributed by atoms with Crippen molar-refractivity contribution in [3.05, 3.63) is 70.8 Å². The number of hydrogen-bond donors (Lipinski definition) is 1. The molecule has 20 heavy (non-hydrogen) atoms.